The van der Waals surface area contributed by atoms with Gasteiger partial charge in [0.2, 0.25) is 0 Å². The van der Waals surface area contributed by atoms with Crippen LogP contribution in [0.15, 0.2) is 42.5 Å². The summed E-state index contributed by atoms with van der Waals surface area (Å²) in [4.78, 5) is 3.85. The van der Waals surface area contributed by atoms with Gasteiger partial charge >= 0.3 is 6.18 Å². The molecular formula is C17H17F4N3. The van der Waals surface area contributed by atoms with Crippen LogP contribution in [0.4, 0.5) is 34.6 Å². The number of nitrogen functional groups attached to an aromatic ring is 1. The molecule has 1 heterocycles. The lowest BCUT2D eigenvalue weighted by molar-refractivity contribution is -0.137. The Morgan fingerprint density at radius 1 is 0.833 bits per heavy atom. The third kappa shape index (κ3) is 3.25. The Balaban J connectivity index is 1.72. The molecule has 24 heavy (non-hydrogen) atoms. The third-order valence-corrected chi connectivity index (χ3v) is 4.17. The number of halogens is 4. The minimum absolute atomic E-state index is 0.101. The highest BCUT2D eigenvalue weighted by molar-refractivity contribution is 5.69. The predicted molar refractivity (Wildman–Crippen MR) is 86.7 cm³/mol. The molecule has 1 fully saturated rings. The minimum atomic E-state index is -4.41. The minimum Gasteiger partial charge on any atom is -0.397 e. The molecule has 0 aromatic heterocycles. The molecule has 0 amide bonds. The van der Waals surface area contributed by atoms with E-state index >= 15 is 0 Å². The summed E-state index contributed by atoms with van der Waals surface area (Å²) in [6.45, 7) is 2.26. The first-order valence-corrected chi connectivity index (χ1v) is 7.57. The number of nitrogens with zero attached hydrogens (tertiary/aromatic N) is 2. The molecule has 1 aliphatic heterocycles. The van der Waals surface area contributed by atoms with E-state index < -0.39 is 11.7 Å². The molecule has 0 aliphatic carbocycles. The van der Waals surface area contributed by atoms with Crippen molar-refractivity contribution in [1.82, 2.24) is 0 Å². The van der Waals surface area contributed by atoms with Gasteiger partial charge in [0.1, 0.15) is 5.82 Å². The van der Waals surface area contributed by atoms with E-state index in [4.69, 9.17) is 5.73 Å². The number of hydrogen-bond acceptors (Lipinski definition) is 3. The Morgan fingerprint density at radius 3 is 1.96 bits per heavy atom. The number of piperazine rings is 1. The first-order chi connectivity index (χ1) is 11.4. The van der Waals surface area contributed by atoms with Crippen LogP contribution in [-0.2, 0) is 6.18 Å². The monoisotopic (exact) mass is 339 g/mol. The SMILES string of the molecule is Nc1cc(C(F)(F)F)ccc1N1CCN(c2ccccc2F)CC1. The van der Waals surface area contributed by atoms with Gasteiger partial charge in [-0.25, -0.2) is 4.39 Å². The molecule has 2 N–H and O–H groups in total. The average Bonchev–Trinajstić information content (AvgIpc) is 2.55. The molecule has 0 radical (unpaired) electrons. The molecule has 0 spiro atoms. The van der Waals surface area contributed by atoms with Crippen LogP contribution >= 0.6 is 0 Å². The Hall–Kier alpha value is -2.44. The Labute approximate surface area is 137 Å². The highest BCUT2D eigenvalue weighted by Gasteiger charge is 2.31. The molecule has 128 valence electrons. The molecular weight excluding hydrogens is 322 g/mol. The molecule has 3 nitrogen and oxygen atoms in total. The Bertz CT molecular complexity index is 722. The zero-order chi connectivity index (χ0) is 17.3. The predicted octanol–water partition coefficient (Wildman–Crippen LogP) is 3.75. The van der Waals surface area contributed by atoms with Crippen LogP contribution < -0.4 is 15.5 Å². The van der Waals surface area contributed by atoms with Crippen LogP contribution in [-0.4, -0.2) is 26.2 Å². The van der Waals surface area contributed by atoms with Gasteiger partial charge in [-0.15, -0.1) is 0 Å². The van der Waals surface area contributed by atoms with E-state index in [-0.39, 0.29) is 11.5 Å². The van der Waals surface area contributed by atoms with E-state index in [1.54, 1.807) is 18.2 Å². The summed E-state index contributed by atoms with van der Waals surface area (Å²) in [6.07, 6.45) is -4.41. The molecule has 1 aliphatic rings. The van der Waals surface area contributed by atoms with Crippen LogP contribution in [0, 0.1) is 5.82 Å². The van der Waals surface area contributed by atoms with E-state index in [0.29, 0.717) is 37.6 Å². The molecule has 0 saturated carbocycles. The van der Waals surface area contributed by atoms with Gasteiger partial charge in [0.15, 0.2) is 0 Å². The van der Waals surface area contributed by atoms with Crippen molar-refractivity contribution in [2.45, 2.75) is 6.18 Å². The van der Waals surface area contributed by atoms with Crippen molar-refractivity contribution in [3.05, 3.63) is 53.8 Å². The molecule has 0 bridgehead atoms. The topological polar surface area (TPSA) is 32.5 Å². The standard InChI is InChI=1S/C17H17F4N3/c18-13-3-1-2-4-15(13)23-7-9-24(10-8-23)16-6-5-12(11-14(16)22)17(19,20)21/h1-6,11H,7-10,22H2. The number of anilines is 3. The van der Waals surface area contributed by atoms with Crippen LogP contribution in [0.2, 0.25) is 0 Å². The van der Waals surface area contributed by atoms with Gasteiger partial charge in [-0.2, -0.15) is 13.2 Å². The number of hydrogen-bond donors (Lipinski definition) is 1. The first kappa shape index (κ1) is 16.4. The van der Waals surface area contributed by atoms with E-state index in [9.17, 15) is 17.6 Å². The summed E-state index contributed by atoms with van der Waals surface area (Å²) < 4.78 is 52.0. The lowest BCUT2D eigenvalue weighted by Gasteiger charge is -2.38. The molecule has 3 rings (SSSR count). The van der Waals surface area contributed by atoms with Crippen molar-refractivity contribution in [1.29, 1.82) is 0 Å². The zero-order valence-corrected chi connectivity index (χ0v) is 12.9. The molecule has 0 unspecified atom stereocenters. The lowest BCUT2D eigenvalue weighted by Crippen LogP contribution is -2.47. The van der Waals surface area contributed by atoms with Crippen LogP contribution in [0.3, 0.4) is 0 Å². The highest BCUT2D eigenvalue weighted by atomic mass is 19.4. The maximum atomic E-state index is 13.8. The van der Waals surface area contributed by atoms with Gasteiger partial charge in [0.05, 0.1) is 22.6 Å². The zero-order valence-electron chi connectivity index (χ0n) is 12.9. The van der Waals surface area contributed by atoms with Crippen molar-refractivity contribution in [3.63, 3.8) is 0 Å². The maximum Gasteiger partial charge on any atom is 0.416 e. The van der Waals surface area contributed by atoms with Crippen molar-refractivity contribution in [2.75, 3.05) is 41.7 Å². The van der Waals surface area contributed by atoms with Gasteiger partial charge in [0, 0.05) is 26.2 Å². The van der Waals surface area contributed by atoms with Gasteiger partial charge < -0.3 is 15.5 Å². The summed E-state index contributed by atoms with van der Waals surface area (Å²) >= 11 is 0. The summed E-state index contributed by atoms with van der Waals surface area (Å²) in [5.74, 6) is -0.278. The van der Waals surface area contributed by atoms with Crippen LogP contribution in [0.1, 0.15) is 5.56 Å². The largest absolute Gasteiger partial charge is 0.416 e. The van der Waals surface area contributed by atoms with Gasteiger partial charge in [-0.3, -0.25) is 0 Å². The van der Waals surface area contributed by atoms with E-state index in [0.717, 1.165) is 12.1 Å². The first-order valence-electron chi connectivity index (χ1n) is 7.57. The lowest BCUT2D eigenvalue weighted by atomic mass is 10.1. The second kappa shape index (κ2) is 6.22. The quantitative estimate of drug-likeness (QED) is 0.668. The van der Waals surface area contributed by atoms with Crippen LogP contribution in [0.5, 0.6) is 0 Å². The second-order valence-corrected chi connectivity index (χ2v) is 5.70. The van der Waals surface area contributed by atoms with Crippen molar-refractivity contribution < 1.29 is 17.6 Å². The molecule has 0 atom stereocenters. The number of benzene rings is 2. The number of para-hydroxylation sites is 1. The normalized spacial score (nSPS) is 15.7. The molecule has 1 saturated heterocycles. The van der Waals surface area contributed by atoms with Crippen molar-refractivity contribution in [2.24, 2.45) is 0 Å². The number of alkyl halides is 3. The number of nitrogens with two attached hydrogens (primary N) is 1. The van der Waals surface area contributed by atoms with Gasteiger partial charge in [-0.1, -0.05) is 12.1 Å². The summed E-state index contributed by atoms with van der Waals surface area (Å²) in [5, 5.41) is 0. The molecule has 2 aromatic carbocycles. The fourth-order valence-corrected chi connectivity index (χ4v) is 2.92. The summed E-state index contributed by atoms with van der Waals surface area (Å²) in [7, 11) is 0. The Morgan fingerprint density at radius 2 is 1.42 bits per heavy atom. The maximum absolute atomic E-state index is 13.8. The third-order valence-electron chi connectivity index (χ3n) is 4.17. The van der Waals surface area contributed by atoms with E-state index in [1.165, 1.54) is 12.1 Å². The van der Waals surface area contributed by atoms with Crippen molar-refractivity contribution >= 4 is 17.1 Å². The smallest absolute Gasteiger partial charge is 0.397 e. The van der Waals surface area contributed by atoms with Crippen LogP contribution in [0.25, 0.3) is 0 Å². The molecule has 7 heteroatoms. The fourth-order valence-electron chi connectivity index (χ4n) is 2.92. The Kier molecular flexibility index (Phi) is 4.26. The second-order valence-electron chi connectivity index (χ2n) is 5.70. The summed E-state index contributed by atoms with van der Waals surface area (Å²) in [5.41, 5.74) is 6.27. The summed E-state index contributed by atoms with van der Waals surface area (Å²) in [6, 6.07) is 9.94. The van der Waals surface area contributed by atoms with E-state index in [1.807, 2.05) is 9.80 Å². The number of rotatable bonds is 2. The highest BCUT2D eigenvalue weighted by Crippen LogP contribution is 2.34. The van der Waals surface area contributed by atoms with Gasteiger partial charge in [-0.05, 0) is 30.3 Å². The molecule has 2 aromatic rings. The average molecular weight is 339 g/mol. The van der Waals surface area contributed by atoms with Crippen molar-refractivity contribution in [3.8, 4) is 0 Å². The van der Waals surface area contributed by atoms with Gasteiger partial charge in [0.25, 0.3) is 0 Å². The van der Waals surface area contributed by atoms with E-state index in [2.05, 4.69) is 0 Å². The fraction of sp³-hybridized carbons (Fsp3) is 0.294.